The molecule has 0 saturated carbocycles. The second kappa shape index (κ2) is 4.98. The van der Waals surface area contributed by atoms with Gasteiger partial charge in [0.25, 0.3) is 0 Å². The lowest BCUT2D eigenvalue weighted by Gasteiger charge is -2.23. The van der Waals surface area contributed by atoms with E-state index in [-0.39, 0.29) is 24.1 Å². The Labute approximate surface area is 108 Å². The molecule has 1 aliphatic rings. The number of benzene rings is 1. The molecule has 1 amide bonds. The van der Waals surface area contributed by atoms with E-state index < -0.39 is 0 Å². The van der Waals surface area contributed by atoms with Gasteiger partial charge in [-0.2, -0.15) is 0 Å². The Kier molecular flexibility index (Phi) is 3.57. The van der Waals surface area contributed by atoms with E-state index in [1.54, 1.807) is 4.90 Å². The summed E-state index contributed by atoms with van der Waals surface area (Å²) in [5, 5.41) is 0. The normalized spacial score (nSPS) is 23.8. The van der Waals surface area contributed by atoms with Crippen molar-refractivity contribution in [3.8, 4) is 5.75 Å². The van der Waals surface area contributed by atoms with Crippen LogP contribution in [0.3, 0.4) is 0 Å². The summed E-state index contributed by atoms with van der Waals surface area (Å²) in [5.41, 5.74) is 6.79. The molecule has 0 bridgehead atoms. The number of rotatable bonds is 3. The van der Waals surface area contributed by atoms with Gasteiger partial charge in [0.2, 0.25) is 5.91 Å². The lowest BCUT2D eigenvalue weighted by molar-refractivity contribution is -0.117. The van der Waals surface area contributed by atoms with Crippen molar-refractivity contribution >= 4 is 11.6 Å². The Morgan fingerprint density at radius 3 is 2.39 bits per heavy atom. The van der Waals surface area contributed by atoms with Crippen LogP contribution >= 0.6 is 0 Å². The standard InChI is InChI=1S/C14H20N2O2/c1-9(2)18-12-6-4-11(5-7-12)16-10(3)13(15)8-14(16)17/h4-7,9-10,13H,8,15H2,1-3H3. The molecule has 2 N–H and O–H groups in total. The van der Waals surface area contributed by atoms with Crippen LogP contribution in [-0.2, 0) is 4.79 Å². The molecular formula is C14H20N2O2. The van der Waals surface area contributed by atoms with Crippen molar-refractivity contribution in [2.24, 2.45) is 5.73 Å². The Bertz CT molecular complexity index is 428. The van der Waals surface area contributed by atoms with Crippen LogP contribution < -0.4 is 15.4 Å². The molecule has 1 saturated heterocycles. The summed E-state index contributed by atoms with van der Waals surface area (Å²) in [6, 6.07) is 7.56. The number of amides is 1. The molecule has 2 rings (SSSR count). The fraction of sp³-hybridized carbons (Fsp3) is 0.500. The topological polar surface area (TPSA) is 55.6 Å². The Hall–Kier alpha value is -1.55. The number of ether oxygens (including phenoxy) is 1. The van der Waals surface area contributed by atoms with E-state index in [2.05, 4.69) is 0 Å². The Morgan fingerprint density at radius 2 is 1.94 bits per heavy atom. The molecule has 2 unspecified atom stereocenters. The van der Waals surface area contributed by atoms with Gasteiger partial charge in [-0.1, -0.05) is 0 Å². The third kappa shape index (κ3) is 2.48. The van der Waals surface area contributed by atoms with Crippen LogP contribution in [0, 0.1) is 0 Å². The largest absolute Gasteiger partial charge is 0.491 e. The summed E-state index contributed by atoms with van der Waals surface area (Å²) < 4.78 is 5.58. The SMILES string of the molecule is CC(C)Oc1ccc(N2C(=O)CC(N)C2C)cc1. The number of nitrogens with two attached hydrogens (primary N) is 1. The first kappa shape index (κ1) is 12.9. The quantitative estimate of drug-likeness (QED) is 0.889. The van der Waals surface area contributed by atoms with E-state index in [0.29, 0.717) is 6.42 Å². The molecule has 4 heteroatoms. The van der Waals surface area contributed by atoms with E-state index in [0.717, 1.165) is 11.4 Å². The highest BCUT2D eigenvalue weighted by atomic mass is 16.5. The van der Waals surface area contributed by atoms with Gasteiger partial charge in [0, 0.05) is 24.2 Å². The maximum Gasteiger partial charge on any atom is 0.228 e. The predicted octanol–water partition coefficient (Wildman–Crippen LogP) is 1.93. The smallest absolute Gasteiger partial charge is 0.228 e. The molecule has 0 aliphatic carbocycles. The molecule has 1 aromatic rings. The maximum absolute atomic E-state index is 11.9. The zero-order valence-corrected chi connectivity index (χ0v) is 11.1. The molecule has 1 heterocycles. The summed E-state index contributed by atoms with van der Waals surface area (Å²) in [6.07, 6.45) is 0.572. The second-order valence-electron chi connectivity index (χ2n) is 5.03. The minimum absolute atomic E-state index is 0.0503. The second-order valence-corrected chi connectivity index (χ2v) is 5.03. The number of carbonyl (C=O) groups is 1. The molecule has 98 valence electrons. The number of hydrogen-bond acceptors (Lipinski definition) is 3. The highest BCUT2D eigenvalue weighted by molar-refractivity contribution is 5.97. The molecule has 18 heavy (non-hydrogen) atoms. The number of carbonyl (C=O) groups excluding carboxylic acids is 1. The van der Waals surface area contributed by atoms with E-state index in [4.69, 9.17) is 10.5 Å². The Balaban J connectivity index is 2.17. The van der Waals surface area contributed by atoms with Crippen LogP contribution in [0.4, 0.5) is 5.69 Å². The van der Waals surface area contributed by atoms with Crippen molar-refractivity contribution in [2.75, 3.05) is 4.90 Å². The minimum atomic E-state index is -0.0795. The molecule has 2 atom stereocenters. The lowest BCUT2D eigenvalue weighted by atomic mass is 10.1. The van der Waals surface area contributed by atoms with Gasteiger partial charge < -0.3 is 15.4 Å². The molecule has 0 aromatic heterocycles. The van der Waals surface area contributed by atoms with Gasteiger partial charge in [-0.25, -0.2) is 0 Å². The highest BCUT2D eigenvalue weighted by Crippen LogP contribution is 2.27. The molecule has 4 nitrogen and oxygen atoms in total. The highest BCUT2D eigenvalue weighted by Gasteiger charge is 2.35. The number of anilines is 1. The fourth-order valence-corrected chi connectivity index (χ4v) is 2.23. The molecule has 0 radical (unpaired) electrons. The summed E-state index contributed by atoms with van der Waals surface area (Å²) in [5.74, 6) is 0.907. The maximum atomic E-state index is 11.9. The molecule has 1 fully saturated rings. The van der Waals surface area contributed by atoms with Gasteiger partial charge in [0.1, 0.15) is 5.75 Å². The van der Waals surface area contributed by atoms with Crippen molar-refractivity contribution < 1.29 is 9.53 Å². The van der Waals surface area contributed by atoms with E-state index in [9.17, 15) is 4.79 Å². The summed E-state index contributed by atoms with van der Waals surface area (Å²) in [4.78, 5) is 13.6. The molecular weight excluding hydrogens is 228 g/mol. The van der Waals surface area contributed by atoms with Crippen molar-refractivity contribution in [3.05, 3.63) is 24.3 Å². The van der Waals surface area contributed by atoms with Crippen LogP contribution in [0.25, 0.3) is 0 Å². The third-order valence-corrected chi connectivity index (χ3v) is 3.19. The number of hydrogen-bond donors (Lipinski definition) is 1. The zero-order chi connectivity index (χ0) is 13.3. The van der Waals surface area contributed by atoms with E-state index in [1.807, 2.05) is 45.0 Å². The van der Waals surface area contributed by atoms with Gasteiger partial charge in [0.15, 0.2) is 0 Å². The van der Waals surface area contributed by atoms with Crippen LogP contribution in [0.1, 0.15) is 27.2 Å². The molecule has 1 aliphatic heterocycles. The van der Waals surface area contributed by atoms with E-state index in [1.165, 1.54) is 0 Å². The van der Waals surface area contributed by atoms with Crippen LogP contribution in [0.15, 0.2) is 24.3 Å². The molecule has 0 spiro atoms. The average Bonchev–Trinajstić information content (AvgIpc) is 2.54. The average molecular weight is 248 g/mol. The first-order valence-electron chi connectivity index (χ1n) is 6.33. The van der Waals surface area contributed by atoms with Gasteiger partial charge >= 0.3 is 0 Å². The van der Waals surface area contributed by atoms with Gasteiger partial charge in [-0.15, -0.1) is 0 Å². The summed E-state index contributed by atoms with van der Waals surface area (Å²) in [6.45, 7) is 5.95. The van der Waals surface area contributed by atoms with Gasteiger partial charge in [0.05, 0.1) is 6.10 Å². The first-order valence-corrected chi connectivity index (χ1v) is 6.33. The monoisotopic (exact) mass is 248 g/mol. The van der Waals surface area contributed by atoms with Crippen molar-refractivity contribution in [1.29, 1.82) is 0 Å². The number of nitrogens with zero attached hydrogens (tertiary/aromatic N) is 1. The summed E-state index contributed by atoms with van der Waals surface area (Å²) in [7, 11) is 0. The van der Waals surface area contributed by atoms with Crippen LogP contribution in [0.2, 0.25) is 0 Å². The van der Waals surface area contributed by atoms with Crippen molar-refractivity contribution in [2.45, 2.75) is 45.4 Å². The molecule has 1 aromatic carbocycles. The first-order chi connectivity index (χ1) is 8.49. The fourth-order valence-electron chi connectivity index (χ4n) is 2.23. The predicted molar refractivity (Wildman–Crippen MR) is 71.7 cm³/mol. The minimum Gasteiger partial charge on any atom is -0.491 e. The van der Waals surface area contributed by atoms with Crippen LogP contribution in [-0.4, -0.2) is 24.1 Å². The Morgan fingerprint density at radius 1 is 1.33 bits per heavy atom. The zero-order valence-electron chi connectivity index (χ0n) is 11.1. The van der Waals surface area contributed by atoms with Gasteiger partial charge in [-0.05, 0) is 45.0 Å². The van der Waals surface area contributed by atoms with E-state index >= 15 is 0 Å². The third-order valence-electron chi connectivity index (χ3n) is 3.19. The lowest BCUT2D eigenvalue weighted by Crippen LogP contribution is -2.37. The van der Waals surface area contributed by atoms with Crippen LogP contribution in [0.5, 0.6) is 5.75 Å². The van der Waals surface area contributed by atoms with Crippen molar-refractivity contribution in [1.82, 2.24) is 0 Å². The van der Waals surface area contributed by atoms with Crippen molar-refractivity contribution in [3.63, 3.8) is 0 Å². The summed E-state index contributed by atoms with van der Waals surface area (Å²) >= 11 is 0. The van der Waals surface area contributed by atoms with Gasteiger partial charge in [-0.3, -0.25) is 4.79 Å².